The molecule has 0 saturated heterocycles. The maximum Gasteiger partial charge on any atom is 0.503 e. The van der Waals surface area contributed by atoms with Crippen molar-refractivity contribution in [3.8, 4) is 0 Å². The van der Waals surface area contributed by atoms with Crippen molar-refractivity contribution in [3.63, 3.8) is 0 Å². The van der Waals surface area contributed by atoms with Crippen LogP contribution in [0.2, 0.25) is 0 Å². The zero-order chi connectivity index (χ0) is 12.1. The van der Waals surface area contributed by atoms with E-state index in [0.717, 1.165) is 5.92 Å². The predicted octanol–water partition coefficient (Wildman–Crippen LogP) is 2.89. The van der Waals surface area contributed by atoms with Crippen LogP contribution in [0.15, 0.2) is 0 Å². The summed E-state index contributed by atoms with van der Waals surface area (Å²) in [5, 5.41) is 27.9. The van der Waals surface area contributed by atoms with Crippen LogP contribution in [0.25, 0.3) is 0 Å². The van der Waals surface area contributed by atoms with Crippen molar-refractivity contribution in [2.24, 2.45) is 5.92 Å². The third kappa shape index (κ3) is 149. The average Bonchev–Trinajstić information content (AvgIpc) is 2.01. The van der Waals surface area contributed by atoms with Crippen molar-refractivity contribution >= 4 is 12.3 Å². The molecule has 0 aliphatic rings. The van der Waals surface area contributed by atoms with Gasteiger partial charge in [0.2, 0.25) is 0 Å². The molecule has 0 aromatic rings. The minimum atomic E-state index is -1.83. The smallest absolute Gasteiger partial charge is 0.450 e. The van der Waals surface area contributed by atoms with Crippen molar-refractivity contribution in [3.05, 3.63) is 0 Å². The van der Waals surface area contributed by atoms with E-state index in [1.165, 1.54) is 12.8 Å². The molecule has 0 radical (unpaired) electrons. The molecule has 0 aliphatic carbocycles. The quantitative estimate of drug-likeness (QED) is 0.557. The molecule has 86 valence electrons. The lowest BCUT2D eigenvalue weighted by atomic mass is 10.1. The molecule has 0 unspecified atom stereocenters. The summed E-state index contributed by atoms with van der Waals surface area (Å²) in [5.41, 5.74) is 0. The van der Waals surface area contributed by atoms with Crippen LogP contribution in [-0.2, 0) is 0 Å². The van der Waals surface area contributed by atoms with Gasteiger partial charge in [-0.15, -0.1) is 0 Å². The molecule has 0 rings (SSSR count). The summed E-state index contributed by atoms with van der Waals surface area (Å²) >= 11 is 0. The maximum absolute atomic E-state index is 8.56. The first kappa shape index (κ1) is 18.3. The summed E-state index contributed by atoms with van der Waals surface area (Å²) < 4.78 is 0. The van der Waals surface area contributed by atoms with Crippen LogP contribution >= 0.6 is 0 Å². The summed E-state index contributed by atoms with van der Waals surface area (Å²) in [6.45, 7) is 6.74. The average molecular weight is 210 g/mol. The van der Waals surface area contributed by atoms with E-state index in [9.17, 15) is 0 Å². The van der Waals surface area contributed by atoms with E-state index in [1.807, 2.05) is 0 Å². The molecule has 4 N–H and O–H groups in total. The number of hydrogen-bond acceptors (Lipinski definition) is 2. The molecule has 0 aromatic heterocycles. The molecular weight excluding hydrogens is 192 g/mol. The highest BCUT2D eigenvalue weighted by Crippen LogP contribution is 2.02. The SMILES string of the molecule is CCC(C)CC.O=C(O)O.O=C(O)O. The van der Waals surface area contributed by atoms with E-state index in [-0.39, 0.29) is 0 Å². The van der Waals surface area contributed by atoms with Crippen LogP contribution < -0.4 is 0 Å². The lowest BCUT2D eigenvalue weighted by Gasteiger charge is -1.98. The summed E-state index contributed by atoms with van der Waals surface area (Å²) in [6.07, 6.45) is -1.01. The zero-order valence-electron chi connectivity index (χ0n) is 8.60. The van der Waals surface area contributed by atoms with Gasteiger partial charge in [0.25, 0.3) is 0 Å². The van der Waals surface area contributed by atoms with Crippen LogP contribution in [-0.4, -0.2) is 32.7 Å². The number of hydrogen-bond donors (Lipinski definition) is 4. The molecule has 0 heterocycles. The summed E-state index contributed by atoms with van der Waals surface area (Å²) in [5.74, 6) is 0.935. The highest BCUT2D eigenvalue weighted by molar-refractivity contribution is 5.53. The fraction of sp³-hybridized carbons (Fsp3) is 0.750. The fourth-order valence-electron chi connectivity index (χ4n) is 0.289. The lowest BCUT2D eigenvalue weighted by Crippen LogP contribution is -1.85. The molecule has 0 aromatic carbocycles. The Morgan fingerprint density at radius 1 is 0.929 bits per heavy atom. The van der Waals surface area contributed by atoms with Crippen LogP contribution in [0.4, 0.5) is 9.59 Å². The van der Waals surface area contributed by atoms with Gasteiger partial charge in [0, 0.05) is 0 Å². The molecule has 0 amide bonds. The Kier molecular flexibility index (Phi) is 18.5. The number of rotatable bonds is 2. The highest BCUT2D eigenvalue weighted by Gasteiger charge is 1.88. The van der Waals surface area contributed by atoms with Crippen LogP contribution in [0, 0.1) is 5.92 Å². The molecule has 14 heavy (non-hydrogen) atoms. The van der Waals surface area contributed by atoms with E-state index >= 15 is 0 Å². The Balaban J connectivity index is -0.000000135. The Morgan fingerprint density at radius 2 is 1.07 bits per heavy atom. The molecular formula is C8H18O6. The lowest BCUT2D eigenvalue weighted by molar-refractivity contribution is 0.135. The standard InChI is InChI=1S/C6H14.2CH2O3/c1-4-6(3)5-2;2*2-1(3)4/h6H,4-5H2,1-3H3;2*(H2,2,3,4). The molecule has 0 atom stereocenters. The summed E-state index contributed by atoms with van der Waals surface area (Å²) in [4.78, 5) is 17.1. The maximum atomic E-state index is 8.56. The van der Waals surface area contributed by atoms with E-state index in [1.54, 1.807) is 0 Å². The van der Waals surface area contributed by atoms with Gasteiger partial charge in [0.15, 0.2) is 0 Å². The van der Waals surface area contributed by atoms with Gasteiger partial charge in [0.1, 0.15) is 0 Å². The van der Waals surface area contributed by atoms with Gasteiger partial charge in [-0.25, -0.2) is 9.59 Å². The fourth-order valence-corrected chi connectivity index (χ4v) is 0.289. The van der Waals surface area contributed by atoms with Gasteiger partial charge in [-0.05, 0) is 5.92 Å². The van der Waals surface area contributed by atoms with Gasteiger partial charge in [-0.1, -0.05) is 33.6 Å². The molecule has 6 nitrogen and oxygen atoms in total. The first-order valence-corrected chi connectivity index (χ1v) is 4.11. The Bertz CT molecular complexity index is 121. The summed E-state index contributed by atoms with van der Waals surface area (Å²) in [7, 11) is 0. The Labute approximate surface area is 82.8 Å². The van der Waals surface area contributed by atoms with Crippen molar-refractivity contribution in [1.82, 2.24) is 0 Å². The number of carbonyl (C=O) groups is 2. The zero-order valence-corrected chi connectivity index (χ0v) is 8.60. The van der Waals surface area contributed by atoms with Crippen LogP contribution in [0.5, 0.6) is 0 Å². The molecule has 0 fully saturated rings. The molecule has 6 heteroatoms. The van der Waals surface area contributed by atoms with Gasteiger partial charge in [0.05, 0.1) is 0 Å². The number of carboxylic acid groups (broad SMARTS) is 4. The van der Waals surface area contributed by atoms with Gasteiger partial charge >= 0.3 is 12.3 Å². The molecule has 0 bridgehead atoms. The first-order valence-electron chi connectivity index (χ1n) is 4.11. The van der Waals surface area contributed by atoms with Gasteiger partial charge in [-0.2, -0.15) is 0 Å². The minimum Gasteiger partial charge on any atom is -0.450 e. The third-order valence-electron chi connectivity index (χ3n) is 1.39. The van der Waals surface area contributed by atoms with Crippen molar-refractivity contribution < 1.29 is 30.0 Å². The monoisotopic (exact) mass is 210 g/mol. The van der Waals surface area contributed by atoms with E-state index in [4.69, 9.17) is 30.0 Å². The molecule has 0 spiro atoms. The first-order chi connectivity index (χ1) is 6.27. The van der Waals surface area contributed by atoms with Crippen LogP contribution in [0.1, 0.15) is 33.6 Å². The Morgan fingerprint density at radius 3 is 1.07 bits per heavy atom. The minimum absolute atomic E-state index is 0.935. The van der Waals surface area contributed by atoms with Crippen molar-refractivity contribution in [1.29, 1.82) is 0 Å². The largest absolute Gasteiger partial charge is 0.503 e. The van der Waals surface area contributed by atoms with Crippen LogP contribution in [0.3, 0.4) is 0 Å². The second kappa shape index (κ2) is 14.1. The van der Waals surface area contributed by atoms with E-state index in [0.29, 0.717) is 0 Å². The second-order valence-electron chi connectivity index (χ2n) is 2.49. The summed E-state index contributed by atoms with van der Waals surface area (Å²) in [6, 6.07) is 0. The van der Waals surface area contributed by atoms with Crippen molar-refractivity contribution in [2.45, 2.75) is 33.6 Å². The molecule has 0 aliphatic heterocycles. The van der Waals surface area contributed by atoms with Gasteiger partial charge < -0.3 is 20.4 Å². The third-order valence-corrected chi connectivity index (χ3v) is 1.39. The second-order valence-corrected chi connectivity index (χ2v) is 2.49. The predicted molar refractivity (Wildman–Crippen MR) is 51.1 cm³/mol. The highest BCUT2D eigenvalue weighted by atomic mass is 16.6. The topological polar surface area (TPSA) is 115 Å². The van der Waals surface area contributed by atoms with E-state index in [2.05, 4.69) is 20.8 Å². The van der Waals surface area contributed by atoms with E-state index < -0.39 is 12.3 Å². The van der Waals surface area contributed by atoms with Gasteiger partial charge in [-0.3, -0.25) is 0 Å². The molecule has 0 saturated carbocycles. The van der Waals surface area contributed by atoms with Crippen molar-refractivity contribution in [2.75, 3.05) is 0 Å². The Hall–Kier alpha value is -1.46. The normalized spacial score (nSPS) is 7.71.